The molecular formula is C32H46N4O2P+. The highest BCUT2D eigenvalue weighted by Crippen LogP contribution is 2.63. The molecule has 3 aromatic rings. The van der Waals surface area contributed by atoms with Gasteiger partial charge >= 0.3 is 13.3 Å². The van der Waals surface area contributed by atoms with Crippen LogP contribution in [0, 0.1) is 5.41 Å². The zero-order valence-electron chi connectivity index (χ0n) is 26.0. The number of nitrogens with zero attached hydrogens (tertiary/aromatic N) is 4. The number of benzene rings is 1. The maximum atomic E-state index is 14.6. The fraction of sp³-hybridized carbons (Fsp3) is 0.656. The summed E-state index contributed by atoms with van der Waals surface area (Å²) in [4.78, 5) is 10.1. The van der Waals surface area contributed by atoms with Gasteiger partial charge in [-0.15, -0.1) is 4.34 Å². The van der Waals surface area contributed by atoms with Crippen LogP contribution in [0.3, 0.4) is 0 Å². The van der Waals surface area contributed by atoms with Crippen LogP contribution in [0.2, 0.25) is 0 Å². The maximum absolute atomic E-state index is 14.6. The third-order valence-electron chi connectivity index (χ3n) is 11.5. The Hall–Kier alpha value is -2.20. The highest BCUT2D eigenvalue weighted by atomic mass is 31.2. The molecule has 6 rings (SSSR count). The normalized spacial score (nSPS) is 25.1. The summed E-state index contributed by atoms with van der Waals surface area (Å²) in [6.45, 7) is 27.0. The molecule has 1 aliphatic carbocycles. The Morgan fingerprint density at radius 2 is 1.59 bits per heavy atom. The predicted octanol–water partition coefficient (Wildman–Crippen LogP) is 7.80. The Morgan fingerprint density at radius 3 is 2.15 bits per heavy atom. The van der Waals surface area contributed by atoms with Gasteiger partial charge in [0.15, 0.2) is 11.0 Å². The first-order valence-electron chi connectivity index (χ1n) is 14.7. The zero-order chi connectivity index (χ0) is 28.7. The number of fused-ring (bicyclic) bond motifs is 4. The molecule has 7 heteroatoms. The van der Waals surface area contributed by atoms with Gasteiger partial charge in [-0.1, -0.05) is 76.2 Å². The molecule has 3 aliphatic rings. The minimum Gasteiger partial charge on any atom is -0.394 e. The Labute approximate surface area is 234 Å². The zero-order valence-corrected chi connectivity index (χ0v) is 26.9. The molecule has 1 aromatic carbocycles. The van der Waals surface area contributed by atoms with Crippen molar-refractivity contribution in [2.45, 2.75) is 124 Å². The van der Waals surface area contributed by atoms with Crippen LogP contribution < -0.4 is 9.09 Å². The largest absolute Gasteiger partial charge is 0.429 e. The number of imidazole rings is 1. The molecule has 0 saturated heterocycles. The second-order valence-electron chi connectivity index (χ2n) is 15.0. The lowest BCUT2D eigenvalue weighted by Crippen LogP contribution is -2.56. The Balaban J connectivity index is 1.83. The predicted molar refractivity (Wildman–Crippen MR) is 158 cm³/mol. The molecule has 1 atom stereocenters. The molecule has 210 valence electrons. The third-order valence-corrected chi connectivity index (χ3v) is 13.2. The van der Waals surface area contributed by atoms with Crippen LogP contribution in [0.1, 0.15) is 118 Å². The van der Waals surface area contributed by atoms with E-state index in [9.17, 15) is 4.57 Å². The Morgan fingerprint density at radius 1 is 1.00 bits per heavy atom. The molecule has 6 nitrogen and oxygen atoms in total. The van der Waals surface area contributed by atoms with Crippen molar-refractivity contribution in [1.29, 1.82) is 0 Å². The van der Waals surface area contributed by atoms with E-state index in [1.54, 1.807) is 6.66 Å². The van der Waals surface area contributed by atoms with Gasteiger partial charge < -0.3 is 4.52 Å². The van der Waals surface area contributed by atoms with E-state index in [1.807, 2.05) is 4.34 Å². The lowest BCUT2D eigenvalue weighted by atomic mass is 9.59. The fourth-order valence-electron chi connectivity index (χ4n) is 7.68. The van der Waals surface area contributed by atoms with E-state index in [4.69, 9.17) is 14.5 Å². The van der Waals surface area contributed by atoms with Gasteiger partial charge in [0.1, 0.15) is 16.9 Å². The monoisotopic (exact) mass is 549 g/mol. The van der Waals surface area contributed by atoms with Crippen molar-refractivity contribution < 1.29 is 13.7 Å². The fourth-order valence-corrected chi connectivity index (χ4v) is 9.30. The highest BCUT2D eigenvalue weighted by Gasteiger charge is 2.59. The van der Waals surface area contributed by atoms with Gasteiger partial charge in [-0.25, -0.2) is 14.1 Å². The summed E-state index contributed by atoms with van der Waals surface area (Å²) >= 11 is 0. The Bertz CT molecular complexity index is 1620. The Kier molecular flexibility index (Phi) is 5.22. The van der Waals surface area contributed by atoms with Crippen LogP contribution in [0.25, 0.3) is 22.4 Å². The minimum atomic E-state index is -3.31. The van der Waals surface area contributed by atoms with Crippen LogP contribution in [-0.4, -0.2) is 21.0 Å². The van der Waals surface area contributed by atoms with Crippen LogP contribution in [0.5, 0.6) is 5.88 Å². The SMILES string of the molecule is CCC1(CC)CCc2nc(C(C)(C)C)nc3c2-c2n(c4cc5c(cc4[n+]21)C(C)(C)C(C)(C)C5(C)C)P(C)(=O)O3. The van der Waals surface area contributed by atoms with Crippen molar-refractivity contribution in [3.63, 3.8) is 0 Å². The van der Waals surface area contributed by atoms with Gasteiger partial charge in [-0.05, 0) is 65.2 Å². The van der Waals surface area contributed by atoms with Crippen molar-refractivity contribution in [3.8, 4) is 17.3 Å². The number of aryl methyl sites for hydroxylation is 1. The summed E-state index contributed by atoms with van der Waals surface area (Å²) < 4.78 is 25.6. The van der Waals surface area contributed by atoms with Crippen LogP contribution in [-0.2, 0) is 32.8 Å². The van der Waals surface area contributed by atoms with Crippen LogP contribution >= 0.6 is 7.52 Å². The number of aromatic nitrogens is 4. The van der Waals surface area contributed by atoms with E-state index in [0.717, 1.165) is 59.6 Å². The summed E-state index contributed by atoms with van der Waals surface area (Å²) in [5.41, 5.74) is 6.43. The van der Waals surface area contributed by atoms with Crippen molar-refractivity contribution in [1.82, 2.24) is 14.3 Å². The van der Waals surface area contributed by atoms with Crippen molar-refractivity contribution >= 4 is 18.6 Å². The molecule has 0 fully saturated rings. The van der Waals surface area contributed by atoms with E-state index in [2.05, 4.69) is 92.9 Å². The summed E-state index contributed by atoms with van der Waals surface area (Å²) in [6, 6.07) is 4.77. The number of hydrogen-bond acceptors (Lipinski definition) is 4. The van der Waals surface area contributed by atoms with Gasteiger partial charge in [-0.2, -0.15) is 4.98 Å². The number of hydrogen-bond donors (Lipinski definition) is 0. The molecule has 0 N–H and O–H groups in total. The second kappa shape index (κ2) is 7.55. The molecule has 0 bridgehead atoms. The first-order valence-corrected chi connectivity index (χ1v) is 16.7. The van der Waals surface area contributed by atoms with Gasteiger partial charge in [0.2, 0.25) is 5.88 Å². The topological polar surface area (TPSA) is 60.9 Å². The third kappa shape index (κ3) is 3.10. The summed E-state index contributed by atoms with van der Waals surface area (Å²) in [6.07, 6.45) is 3.77. The van der Waals surface area contributed by atoms with Gasteiger partial charge in [0.25, 0.3) is 0 Å². The quantitative estimate of drug-likeness (QED) is 0.242. The van der Waals surface area contributed by atoms with Crippen molar-refractivity contribution in [3.05, 3.63) is 34.8 Å². The van der Waals surface area contributed by atoms with Crippen LogP contribution in [0.15, 0.2) is 12.1 Å². The average molecular weight is 550 g/mol. The number of rotatable bonds is 2. The molecule has 2 aliphatic heterocycles. The maximum Gasteiger partial charge on any atom is 0.429 e. The lowest BCUT2D eigenvalue weighted by Gasteiger charge is -2.44. The molecule has 0 saturated carbocycles. The molecule has 0 radical (unpaired) electrons. The molecule has 4 heterocycles. The first-order chi connectivity index (χ1) is 17.9. The summed E-state index contributed by atoms with van der Waals surface area (Å²) in [5, 5.41) is 0. The van der Waals surface area contributed by atoms with Gasteiger partial charge in [0, 0.05) is 5.41 Å². The van der Waals surface area contributed by atoms with Crippen molar-refractivity contribution in [2.75, 3.05) is 6.66 Å². The lowest BCUT2D eigenvalue weighted by molar-refractivity contribution is -0.734. The van der Waals surface area contributed by atoms with Gasteiger partial charge in [0.05, 0.1) is 12.4 Å². The van der Waals surface area contributed by atoms with Crippen LogP contribution in [0.4, 0.5) is 0 Å². The molecule has 39 heavy (non-hydrogen) atoms. The molecule has 1 unspecified atom stereocenters. The summed E-state index contributed by atoms with van der Waals surface area (Å²) in [5.74, 6) is 2.20. The average Bonchev–Trinajstić information content (AvgIpc) is 3.15. The van der Waals surface area contributed by atoms with E-state index >= 15 is 0 Å². The second-order valence-corrected chi connectivity index (χ2v) is 17.2. The van der Waals surface area contributed by atoms with E-state index in [1.165, 1.54) is 11.1 Å². The van der Waals surface area contributed by atoms with E-state index in [0.29, 0.717) is 5.88 Å². The molecular weight excluding hydrogens is 503 g/mol. The van der Waals surface area contributed by atoms with E-state index in [-0.39, 0.29) is 27.2 Å². The molecule has 2 aromatic heterocycles. The minimum absolute atomic E-state index is 0.0260. The molecule has 0 spiro atoms. The standard InChI is InChI=1S/C32H46N4O2P/c1-13-32(14-2)16-15-21-24-25(34-27(33-21)28(3,4)5)38-39(12,37)36-23-18-20-19(17-22(23)35(32)26(24)36)29(6,7)31(10,11)30(20,8)9/h17-18H,13-16H2,1-12H3/q+1. The highest BCUT2D eigenvalue weighted by molar-refractivity contribution is 7.57. The smallest absolute Gasteiger partial charge is 0.394 e. The summed E-state index contributed by atoms with van der Waals surface area (Å²) in [7, 11) is -3.31. The van der Waals surface area contributed by atoms with E-state index < -0.39 is 7.52 Å². The van der Waals surface area contributed by atoms with Gasteiger partial charge in [-0.3, -0.25) is 0 Å². The molecule has 0 amide bonds. The first kappa shape index (κ1) is 27.0. The van der Waals surface area contributed by atoms with Crippen molar-refractivity contribution in [2.24, 2.45) is 5.41 Å².